The second-order valence-corrected chi connectivity index (χ2v) is 21.4. The lowest BCUT2D eigenvalue weighted by atomic mass is 9.91. The van der Waals surface area contributed by atoms with Crippen LogP contribution in [-0.4, -0.2) is 81.0 Å². The number of sulfonamides is 1. The lowest BCUT2D eigenvalue weighted by molar-refractivity contribution is 0.0667. The van der Waals surface area contributed by atoms with E-state index in [9.17, 15) is 22.6 Å². The van der Waals surface area contributed by atoms with E-state index < -0.39 is 28.9 Å². The number of ether oxygens (including phenoxy) is 1. The second kappa shape index (κ2) is 15.7. The third-order valence-corrected chi connectivity index (χ3v) is 16.3. The Morgan fingerprint density at radius 3 is 2.32 bits per heavy atom. The van der Waals surface area contributed by atoms with Crippen molar-refractivity contribution in [3.8, 4) is 17.2 Å². The molecular formula is C44H51FN7O6PS. The highest BCUT2D eigenvalue weighted by atomic mass is 32.2. The van der Waals surface area contributed by atoms with Crippen molar-refractivity contribution in [1.82, 2.24) is 28.4 Å². The number of carbonyl (C=O) groups excluding carboxylic acids is 1. The number of nitrogens with one attached hydrogen (secondary N) is 1. The number of amides is 1. The van der Waals surface area contributed by atoms with Crippen LogP contribution in [0.2, 0.25) is 0 Å². The van der Waals surface area contributed by atoms with E-state index in [0.717, 1.165) is 43.2 Å². The van der Waals surface area contributed by atoms with Gasteiger partial charge in [0.1, 0.15) is 24.5 Å². The Morgan fingerprint density at radius 1 is 0.967 bits per heavy atom. The highest BCUT2D eigenvalue weighted by Gasteiger charge is 2.37. The first-order valence-corrected chi connectivity index (χ1v) is 24.4. The Labute approximate surface area is 349 Å². The predicted molar refractivity (Wildman–Crippen MR) is 234 cm³/mol. The van der Waals surface area contributed by atoms with Crippen molar-refractivity contribution in [2.45, 2.75) is 65.8 Å². The first-order chi connectivity index (χ1) is 28.5. The molecule has 60 heavy (non-hydrogen) atoms. The third-order valence-electron chi connectivity index (χ3n) is 12.4. The standard InChI is InChI=1S/C44H51FN7O6PS/c1-8-59(55,9-2)39-13-11-33(26-36(39)47-60(7,56)57)50-18-19-51(44(50)54)42-40-29(5)49(17-14-35(40)46-52(42)34-22-27(3)41(45)28(4)23-34)43(53)38-25-32-24-31(10-12-37(32)48(38)6)30-15-20-58-21-16-30/h10-13,18-19,22-26,29-30,47H,8-9,14-17,20-21H2,1-7H3/t29-/m0/s1. The summed E-state index contributed by atoms with van der Waals surface area (Å²) >= 11 is 0. The van der Waals surface area contributed by atoms with Crippen LogP contribution in [0.1, 0.15) is 84.0 Å². The van der Waals surface area contributed by atoms with Gasteiger partial charge in [0.25, 0.3) is 5.91 Å². The smallest absolute Gasteiger partial charge is 0.338 e. The zero-order chi connectivity index (χ0) is 42.8. The third kappa shape index (κ3) is 7.24. The maximum atomic E-state index is 15.0. The molecule has 16 heteroatoms. The zero-order valence-corrected chi connectivity index (χ0v) is 36.7. The van der Waals surface area contributed by atoms with E-state index >= 15 is 4.39 Å². The largest absolute Gasteiger partial charge is 0.381 e. The second-order valence-electron chi connectivity index (χ2n) is 16.1. The average molecular weight is 856 g/mol. The summed E-state index contributed by atoms with van der Waals surface area (Å²) in [4.78, 5) is 31.2. The minimum Gasteiger partial charge on any atom is -0.381 e. The number of rotatable bonds is 10. The number of benzene rings is 3. The van der Waals surface area contributed by atoms with Crippen molar-refractivity contribution in [3.05, 3.63) is 117 Å². The topological polar surface area (TPSA) is 142 Å². The highest BCUT2D eigenvalue weighted by Crippen LogP contribution is 2.46. The van der Waals surface area contributed by atoms with Gasteiger partial charge in [0.05, 0.1) is 35.1 Å². The number of nitrogens with zero attached hydrogens (tertiary/aromatic N) is 6. The van der Waals surface area contributed by atoms with Crippen LogP contribution in [0.4, 0.5) is 10.1 Å². The molecule has 1 saturated heterocycles. The summed E-state index contributed by atoms with van der Waals surface area (Å²) in [6.07, 6.45) is 7.22. The fourth-order valence-electron chi connectivity index (χ4n) is 9.00. The highest BCUT2D eigenvalue weighted by molar-refractivity contribution is 7.92. The summed E-state index contributed by atoms with van der Waals surface area (Å²) in [5, 5.41) is 6.42. The van der Waals surface area contributed by atoms with E-state index in [2.05, 4.69) is 22.9 Å². The van der Waals surface area contributed by atoms with Crippen molar-refractivity contribution in [1.29, 1.82) is 0 Å². The maximum absolute atomic E-state index is 15.0. The summed E-state index contributed by atoms with van der Waals surface area (Å²) in [6, 6.07) is 16.0. The Hall–Kier alpha value is -5.24. The van der Waals surface area contributed by atoms with Crippen LogP contribution in [0.5, 0.6) is 0 Å². The van der Waals surface area contributed by atoms with E-state index in [-0.39, 0.29) is 17.4 Å². The van der Waals surface area contributed by atoms with Crippen molar-refractivity contribution in [2.24, 2.45) is 7.05 Å². The van der Waals surface area contributed by atoms with Gasteiger partial charge < -0.3 is 18.8 Å². The van der Waals surface area contributed by atoms with Crippen LogP contribution >= 0.6 is 7.14 Å². The Bertz CT molecular complexity index is 2870. The Balaban J connectivity index is 1.24. The van der Waals surface area contributed by atoms with Gasteiger partial charge in [-0.3, -0.25) is 18.7 Å². The van der Waals surface area contributed by atoms with Gasteiger partial charge in [-0.15, -0.1) is 0 Å². The molecule has 0 radical (unpaired) electrons. The van der Waals surface area contributed by atoms with Crippen LogP contribution in [0.25, 0.3) is 28.1 Å². The molecule has 1 N–H and O–H groups in total. The minimum absolute atomic E-state index is 0.150. The molecule has 1 fully saturated rings. The number of aryl methyl sites for hydroxylation is 3. The molecule has 2 aliphatic rings. The van der Waals surface area contributed by atoms with E-state index in [1.807, 2.05) is 43.4 Å². The van der Waals surface area contributed by atoms with Gasteiger partial charge in [0, 0.05) is 79.7 Å². The SMILES string of the molecule is CCP(=O)(CC)c1ccc(-n2ccn(-c3c4c(nn3-c3cc(C)c(F)c(C)c3)CCN(C(=O)c3cc5cc(C6CCOCC6)ccc5n3C)[C@H]4C)c2=O)cc1NS(C)(=O)=O. The molecule has 0 saturated carbocycles. The van der Waals surface area contributed by atoms with E-state index in [0.29, 0.717) is 81.8 Å². The molecule has 316 valence electrons. The lowest BCUT2D eigenvalue weighted by Crippen LogP contribution is -2.40. The number of halogens is 1. The Morgan fingerprint density at radius 2 is 1.65 bits per heavy atom. The summed E-state index contributed by atoms with van der Waals surface area (Å²) in [6.45, 7) is 10.8. The van der Waals surface area contributed by atoms with Crippen molar-refractivity contribution in [3.63, 3.8) is 0 Å². The van der Waals surface area contributed by atoms with E-state index in [1.165, 1.54) is 20.8 Å². The fourth-order valence-corrected chi connectivity index (χ4v) is 11.7. The monoisotopic (exact) mass is 855 g/mol. The number of aromatic nitrogens is 5. The quantitative estimate of drug-likeness (QED) is 0.145. The molecule has 1 amide bonds. The number of hydrogen-bond donors (Lipinski definition) is 1. The fraction of sp³-hybridized carbons (Fsp3) is 0.386. The zero-order valence-electron chi connectivity index (χ0n) is 35.0. The van der Waals surface area contributed by atoms with Gasteiger partial charge in [-0.1, -0.05) is 19.9 Å². The molecule has 6 aromatic rings. The first kappa shape index (κ1) is 41.5. The first-order valence-electron chi connectivity index (χ1n) is 20.4. The number of carbonyl (C=O) groups is 1. The summed E-state index contributed by atoms with van der Waals surface area (Å²) in [5.41, 5.74) is 5.51. The lowest BCUT2D eigenvalue weighted by Gasteiger charge is -2.33. The number of anilines is 1. The van der Waals surface area contributed by atoms with Gasteiger partial charge >= 0.3 is 5.69 Å². The van der Waals surface area contributed by atoms with Crippen molar-refractivity contribution in [2.75, 3.05) is 43.1 Å². The maximum Gasteiger partial charge on any atom is 0.338 e. The van der Waals surface area contributed by atoms with Crippen LogP contribution in [0.15, 0.2) is 71.8 Å². The normalized spacial score (nSPS) is 16.4. The molecule has 3 aromatic carbocycles. The number of imidazole rings is 1. The molecule has 2 aliphatic heterocycles. The van der Waals surface area contributed by atoms with Crippen molar-refractivity contribution < 1.29 is 26.9 Å². The van der Waals surface area contributed by atoms with Gasteiger partial charge in [0.2, 0.25) is 10.0 Å². The molecule has 13 nitrogen and oxygen atoms in total. The molecule has 8 rings (SSSR count). The van der Waals surface area contributed by atoms with E-state index in [1.54, 1.807) is 55.2 Å². The van der Waals surface area contributed by atoms with E-state index in [4.69, 9.17) is 9.84 Å². The molecule has 0 bridgehead atoms. The van der Waals surface area contributed by atoms with Gasteiger partial charge in [-0.2, -0.15) is 5.10 Å². The van der Waals surface area contributed by atoms with Gasteiger partial charge in [-0.05, 0) is 105 Å². The average Bonchev–Trinajstić information content (AvgIpc) is 3.91. The van der Waals surface area contributed by atoms with Crippen LogP contribution in [-0.2, 0) is 32.8 Å². The van der Waals surface area contributed by atoms with Crippen molar-refractivity contribution >= 4 is 45.0 Å². The summed E-state index contributed by atoms with van der Waals surface area (Å²) in [5.74, 6) is 0.323. The molecular weight excluding hydrogens is 805 g/mol. The number of fused-ring (bicyclic) bond motifs is 2. The number of hydrogen-bond acceptors (Lipinski definition) is 7. The Kier molecular flexibility index (Phi) is 10.8. The van der Waals surface area contributed by atoms with Crippen LogP contribution in [0.3, 0.4) is 0 Å². The van der Waals surface area contributed by atoms with Gasteiger partial charge in [0.15, 0.2) is 0 Å². The van der Waals surface area contributed by atoms with Gasteiger partial charge in [-0.25, -0.2) is 22.3 Å². The predicted octanol–water partition coefficient (Wildman–Crippen LogP) is 7.11. The van der Waals surface area contributed by atoms with Crippen LogP contribution in [0, 0.1) is 19.7 Å². The molecule has 0 spiro atoms. The minimum atomic E-state index is -3.77. The summed E-state index contributed by atoms with van der Waals surface area (Å²) < 4.78 is 68.4. The van der Waals surface area contributed by atoms with Crippen LogP contribution < -0.4 is 15.7 Å². The molecule has 1 atom stereocenters. The summed E-state index contributed by atoms with van der Waals surface area (Å²) in [7, 11) is -4.80. The molecule has 3 aromatic heterocycles. The molecule has 0 aliphatic carbocycles. The molecule has 5 heterocycles. The molecule has 0 unspecified atom stereocenters.